The zero-order valence-electron chi connectivity index (χ0n) is 8.73. The summed E-state index contributed by atoms with van der Waals surface area (Å²) in [4.78, 5) is 15.2. The highest BCUT2D eigenvalue weighted by molar-refractivity contribution is 5.82. The van der Waals surface area contributed by atoms with E-state index in [2.05, 4.69) is 45.2 Å². The Morgan fingerprint density at radius 2 is 2.20 bits per heavy atom. The highest BCUT2D eigenvalue weighted by atomic mass is 15.1. The van der Waals surface area contributed by atoms with Crippen LogP contribution in [0.2, 0.25) is 0 Å². The molecule has 2 aromatic heterocycles. The lowest BCUT2D eigenvalue weighted by Gasteiger charge is -2.00. The predicted molar refractivity (Wildman–Crippen MR) is 59.3 cm³/mol. The molecule has 15 heavy (non-hydrogen) atoms. The predicted octanol–water partition coefficient (Wildman–Crippen LogP) is 1.93. The lowest BCUT2D eigenvalue weighted by Crippen LogP contribution is -1.94. The third-order valence-electron chi connectivity index (χ3n) is 1.92. The third-order valence-corrected chi connectivity index (χ3v) is 1.92. The quantitative estimate of drug-likeness (QED) is 0.800. The van der Waals surface area contributed by atoms with E-state index in [1.54, 1.807) is 6.33 Å². The molecule has 0 unspecified atom stereocenters. The molecule has 78 valence electrons. The van der Waals surface area contributed by atoms with E-state index in [0.29, 0.717) is 11.6 Å². The summed E-state index contributed by atoms with van der Waals surface area (Å²) in [5.41, 5.74) is 1.50. The first-order chi connectivity index (χ1) is 7.27. The van der Waals surface area contributed by atoms with E-state index in [-0.39, 0.29) is 0 Å². The average molecular weight is 203 g/mol. The van der Waals surface area contributed by atoms with Crippen molar-refractivity contribution in [3.63, 3.8) is 0 Å². The van der Waals surface area contributed by atoms with Crippen molar-refractivity contribution in [3.8, 4) is 0 Å². The lowest BCUT2D eigenvalue weighted by atomic mass is 10.2. The highest BCUT2D eigenvalue weighted by Crippen LogP contribution is 2.14. The second-order valence-corrected chi connectivity index (χ2v) is 3.57. The molecule has 0 bridgehead atoms. The number of hydrogen-bond acceptors (Lipinski definition) is 4. The van der Waals surface area contributed by atoms with Crippen LogP contribution in [0.1, 0.15) is 13.8 Å². The molecule has 0 saturated carbocycles. The number of aromatic nitrogens is 4. The van der Waals surface area contributed by atoms with Gasteiger partial charge in [0.15, 0.2) is 11.5 Å². The molecule has 0 atom stereocenters. The Morgan fingerprint density at radius 1 is 1.33 bits per heavy atom. The number of fused-ring (bicyclic) bond motifs is 1. The minimum Gasteiger partial charge on any atom is -0.345 e. The number of allylic oxidation sites excluding steroid dienone is 1. The topological polar surface area (TPSA) is 66.5 Å². The van der Waals surface area contributed by atoms with Gasteiger partial charge < -0.3 is 10.3 Å². The molecule has 0 aromatic carbocycles. The van der Waals surface area contributed by atoms with E-state index in [1.807, 2.05) is 6.20 Å². The lowest BCUT2D eigenvalue weighted by molar-refractivity contribution is 0.830. The first-order valence-corrected chi connectivity index (χ1v) is 4.84. The summed E-state index contributed by atoms with van der Waals surface area (Å²) >= 11 is 0. The number of anilines is 1. The largest absolute Gasteiger partial charge is 0.345 e. The van der Waals surface area contributed by atoms with Gasteiger partial charge in [-0.25, -0.2) is 15.0 Å². The van der Waals surface area contributed by atoms with E-state index in [1.165, 1.54) is 6.33 Å². The monoisotopic (exact) mass is 203 g/mol. The van der Waals surface area contributed by atoms with Crippen LogP contribution in [0.4, 0.5) is 5.82 Å². The molecule has 0 spiro atoms. The standard InChI is InChI=1S/C10H13N5/c1-7(2)3-4-11-9-8-10(13-5-12-8)15-6-14-9/h3-7H,1-2H3,(H2,11,12,13,14,15). The van der Waals surface area contributed by atoms with Crippen LogP contribution in [-0.2, 0) is 0 Å². The van der Waals surface area contributed by atoms with Crippen molar-refractivity contribution in [1.82, 2.24) is 19.9 Å². The molecular formula is C10H13N5. The first kappa shape index (κ1) is 9.64. The van der Waals surface area contributed by atoms with Gasteiger partial charge >= 0.3 is 0 Å². The van der Waals surface area contributed by atoms with Crippen molar-refractivity contribution >= 4 is 17.0 Å². The molecule has 0 radical (unpaired) electrons. The smallest absolute Gasteiger partial charge is 0.182 e. The van der Waals surface area contributed by atoms with Crippen molar-refractivity contribution in [3.05, 3.63) is 24.9 Å². The van der Waals surface area contributed by atoms with Crippen LogP contribution < -0.4 is 5.32 Å². The van der Waals surface area contributed by atoms with E-state index in [4.69, 9.17) is 0 Å². The maximum absolute atomic E-state index is 4.13. The zero-order valence-corrected chi connectivity index (χ0v) is 8.73. The van der Waals surface area contributed by atoms with E-state index in [0.717, 1.165) is 11.3 Å². The van der Waals surface area contributed by atoms with Crippen molar-refractivity contribution in [2.45, 2.75) is 13.8 Å². The Morgan fingerprint density at radius 3 is 3.00 bits per heavy atom. The summed E-state index contributed by atoms with van der Waals surface area (Å²) in [5.74, 6) is 1.26. The van der Waals surface area contributed by atoms with Gasteiger partial charge in [-0.2, -0.15) is 0 Å². The Balaban J connectivity index is 2.24. The van der Waals surface area contributed by atoms with E-state index < -0.39 is 0 Å². The van der Waals surface area contributed by atoms with Crippen LogP contribution in [0.25, 0.3) is 11.2 Å². The van der Waals surface area contributed by atoms with Gasteiger partial charge in [0.25, 0.3) is 0 Å². The number of aromatic amines is 1. The van der Waals surface area contributed by atoms with E-state index in [9.17, 15) is 0 Å². The summed E-state index contributed by atoms with van der Waals surface area (Å²) in [6.07, 6.45) is 7.04. The number of nitrogens with zero attached hydrogens (tertiary/aromatic N) is 3. The number of H-pyrrole nitrogens is 1. The molecule has 0 aliphatic rings. The van der Waals surface area contributed by atoms with Gasteiger partial charge in [-0.15, -0.1) is 0 Å². The first-order valence-electron chi connectivity index (χ1n) is 4.84. The van der Waals surface area contributed by atoms with Gasteiger partial charge in [-0.05, 0) is 12.1 Å². The second-order valence-electron chi connectivity index (χ2n) is 3.57. The van der Waals surface area contributed by atoms with Crippen molar-refractivity contribution < 1.29 is 0 Å². The van der Waals surface area contributed by atoms with Gasteiger partial charge in [0.1, 0.15) is 11.8 Å². The van der Waals surface area contributed by atoms with Gasteiger partial charge in [-0.1, -0.05) is 19.9 Å². The summed E-state index contributed by atoms with van der Waals surface area (Å²) in [6.45, 7) is 4.23. The third kappa shape index (κ3) is 2.12. The fraction of sp³-hybridized carbons (Fsp3) is 0.300. The molecule has 5 nitrogen and oxygen atoms in total. The Hall–Kier alpha value is -1.91. The molecule has 0 saturated heterocycles. The van der Waals surface area contributed by atoms with Gasteiger partial charge in [0.05, 0.1) is 6.33 Å². The van der Waals surface area contributed by atoms with Gasteiger partial charge in [0, 0.05) is 0 Å². The second kappa shape index (κ2) is 4.08. The normalized spacial score (nSPS) is 11.7. The van der Waals surface area contributed by atoms with Crippen molar-refractivity contribution in [1.29, 1.82) is 0 Å². The molecule has 2 heterocycles. The number of nitrogens with one attached hydrogen (secondary N) is 2. The zero-order chi connectivity index (χ0) is 10.7. The molecule has 2 aromatic rings. The Bertz CT molecular complexity index is 471. The van der Waals surface area contributed by atoms with Crippen molar-refractivity contribution in [2.75, 3.05) is 5.32 Å². The molecule has 0 amide bonds. The van der Waals surface area contributed by atoms with Gasteiger partial charge in [-0.3, -0.25) is 0 Å². The summed E-state index contributed by atoms with van der Waals surface area (Å²) in [5, 5.41) is 3.10. The molecule has 0 aliphatic carbocycles. The highest BCUT2D eigenvalue weighted by Gasteiger charge is 2.02. The molecule has 2 rings (SSSR count). The molecule has 2 N–H and O–H groups in total. The van der Waals surface area contributed by atoms with Crippen LogP contribution in [0.5, 0.6) is 0 Å². The van der Waals surface area contributed by atoms with Crippen LogP contribution in [0, 0.1) is 5.92 Å². The number of imidazole rings is 1. The fourth-order valence-electron chi connectivity index (χ4n) is 1.19. The molecule has 0 fully saturated rings. The summed E-state index contributed by atoms with van der Waals surface area (Å²) in [7, 11) is 0. The number of rotatable bonds is 3. The maximum Gasteiger partial charge on any atom is 0.182 e. The minimum atomic E-state index is 0.511. The van der Waals surface area contributed by atoms with Gasteiger partial charge in [0.2, 0.25) is 0 Å². The summed E-state index contributed by atoms with van der Waals surface area (Å²) < 4.78 is 0. The maximum atomic E-state index is 4.13. The van der Waals surface area contributed by atoms with Crippen LogP contribution in [0.3, 0.4) is 0 Å². The van der Waals surface area contributed by atoms with Crippen LogP contribution in [0.15, 0.2) is 24.9 Å². The van der Waals surface area contributed by atoms with Crippen LogP contribution >= 0.6 is 0 Å². The number of hydrogen-bond donors (Lipinski definition) is 2. The SMILES string of the molecule is CC(C)C=CNc1ncnc2nc[nH]c12. The molecular weight excluding hydrogens is 190 g/mol. The Kier molecular flexibility index (Phi) is 2.62. The minimum absolute atomic E-state index is 0.511. The Labute approximate surface area is 87.7 Å². The van der Waals surface area contributed by atoms with Crippen LogP contribution in [-0.4, -0.2) is 19.9 Å². The fourth-order valence-corrected chi connectivity index (χ4v) is 1.19. The summed E-state index contributed by atoms with van der Waals surface area (Å²) in [6, 6.07) is 0. The van der Waals surface area contributed by atoms with Crippen molar-refractivity contribution in [2.24, 2.45) is 5.92 Å². The molecule has 5 heteroatoms. The molecule has 0 aliphatic heterocycles. The average Bonchev–Trinajstić information content (AvgIpc) is 2.65. The van der Waals surface area contributed by atoms with E-state index >= 15 is 0 Å².